The summed E-state index contributed by atoms with van der Waals surface area (Å²) in [5.74, 6) is 0. The number of halogens is 1. The number of rotatable bonds is 3. The Bertz CT molecular complexity index is 535. The van der Waals surface area contributed by atoms with Crippen molar-refractivity contribution in [3.8, 4) is 0 Å². The molecule has 1 atom stereocenters. The minimum atomic E-state index is -0.0771. The summed E-state index contributed by atoms with van der Waals surface area (Å²) >= 11 is 5.86. The van der Waals surface area contributed by atoms with E-state index in [1.807, 2.05) is 37.4 Å². The molecule has 0 saturated carbocycles. The van der Waals surface area contributed by atoms with Gasteiger partial charge in [-0.25, -0.2) is 0 Å². The van der Waals surface area contributed by atoms with Gasteiger partial charge in [0, 0.05) is 11.2 Å². The van der Waals surface area contributed by atoms with Gasteiger partial charge in [0.25, 0.3) is 0 Å². The molecule has 3 heteroatoms. The van der Waals surface area contributed by atoms with E-state index in [0.717, 1.165) is 28.3 Å². The number of nitrogens with zero attached hydrogens (tertiary/aromatic N) is 1. The highest BCUT2D eigenvalue weighted by Crippen LogP contribution is 2.19. The van der Waals surface area contributed by atoms with Crippen LogP contribution in [0, 0.1) is 13.8 Å². The zero-order valence-electron chi connectivity index (χ0n) is 10.7. The highest BCUT2D eigenvalue weighted by molar-refractivity contribution is 6.30. The van der Waals surface area contributed by atoms with E-state index in [1.165, 1.54) is 5.56 Å². The van der Waals surface area contributed by atoms with E-state index >= 15 is 0 Å². The molecular weight excluding hydrogens is 244 g/mol. The smallest absolute Gasteiger partial charge is 0.0603 e. The van der Waals surface area contributed by atoms with Crippen molar-refractivity contribution in [2.24, 2.45) is 5.73 Å². The van der Waals surface area contributed by atoms with Gasteiger partial charge < -0.3 is 5.73 Å². The zero-order chi connectivity index (χ0) is 13.1. The predicted octanol–water partition coefficient (Wildman–Crippen LogP) is 3.59. The molecule has 0 aliphatic rings. The van der Waals surface area contributed by atoms with Crippen LogP contribution in [0.2, 0.25) is 5.02 Å². The van der Waals surface area contributed by atoms with Crippen molar-refractivity contribution < 1.29 is 0 Å². The molecule has 0 aliphatic carbocycles. The summed E-state index contributed by atoms with van der Waals surface area (Å²) in [5.41, 5.74) is 10.7. The zero-order valence-corrected chi connectivity index (χ0v) is 11.4. The first-order valence-electron chi connectivity index (χ1n) is 5.99. The average molecular weight is 261 g/mol. The van der Waals surface area contributed by atoms with Gasteiger partial charge >= 0.3 is 0 Å². The second-order valence-electron chi connectivity index (χ2n) is 4.65. The Hall–Kier alpha value is -1.38. The Kier molecular flexibility index (Phi) is 4.00. The number of benzene rings is 1. The van der Waals surface area contributed by atoms with Gasteiger partial charge in [-0.15, -0.1) is 0 Å². The standard InChI is InChI=1S/C15H17ClN2/c1-10-7-11(2)15(18-9-10)14(17)8-12-3-5-13(16)6-4-12/h3-7,9,14H,8,17H2,1-2H3. The number of nitrogens with two attached hydrogens (primary N) is 1. The third kappa shape index (κ3) is 3.09. The second kappa shape index (κ2) is 5.51. The predicted molar refractivity (Wildman–Crippen MR) is 75.8 cm³/mol. The first-order chi connectivity index (χ1) is 8.56. The Morgan fingerprint density at radius 3 is 2.50 bits per heavy atom. The molecule has 2 N–H and O–H groups in total. The molecule has 94 valence electrons. The van der Waals surface area contributed by atoms with Crippen LogP contribution in [-0.2, 0) is 6.42 Å². The maximum atomic E-state index is 6.22. The van der Waals surface area contributed by atoms with Crippen molar-refractivity contribution in [1.29, 1.82) is 0 Å². The first kappa shape index (κ1) is 13.1. The lowest BCUT2D eigenvalue weighted by molar-refractivity contribution is 0.689. The van der Waals surface area contributed by atoms with Crippen molar-refractivity contribution in [3.05, 3.63) is 63.9 Å². The van der Waals surface area contributed by atoms with Crippen molar-refractivity contribution in [2.45, 2.75) is 26.3 Å². The van der Waals surface area contributed by atoms with Crippen molar-refractivity contribution in [3.63, 3.8) is 0 Å². The third-order valence-electron chi connectivity index (χ3n) is 2.98. The molecule has 2 rings (SSSR count). The van der Waals surface area contributed by atoms with E-state index in [1.54, 1.807) is 0 Å². The van der Waals surface area contributed by atoms with Gasteiger partial charge in [-0.3, -0.25) is 4.98 Å². The molecule has 0 radical (unpaired) electrons. The van der Waals surface area contributed by atoms with Gasteiger partial charge in [0.05, 0.1) is 11.7 Å². The maximum absolute atomic E-state index is 6.22. The summed E-state index contributed by atoms with van der Waals surface area (Å²) < 4.78 is 0. The molecule has 0 spiro atoms. The average Bonchev–Trinajstić information content (AvgIpc) is 2.32. The molecular formula is C15H17ClN2. The summed E-state index contributed by atoms with van der Waals surface area (Å²) in [6.45, 7) is 4.09. The van der Waals surface area contributed by atoms with Crippen LogP contribution in [0.4, 0.5) is 0 Å². The highest BCUT2D eigenvalue weighted by Gasteiger charge is 2.11. The minimum Gasteiger partial charge on any atom is -0.322 e. The van der Waals surface area contributed by atoms with E-state index in [2.05, 4.69) is 18.0 Å². The Balaban J connectivity index is 2.16. The summed E-state index contributed by atoms with van der Waals surface area (Å²) in [5, 5.41) is 0.747. The van der Waals surface area contributed by atoms with Gasteiger partial charge in [-0.2, -0.15) is 0 Å². The topological polar surface area (TPSA) is 38.9 Å². The molecule has 1 unspecified atom stereocenters. The molecule has 1 aromatic carbocycles. The number of hydrogen-bond donors (Lipinski definition) is 1. The largest absolute Gasteiger partial charge is 0.322 e. The van der Waals surface area contributed by atoms with E-state index in [9.17, 15) is 0 Å². The van der Waals surface area contributed by atoms with Gasteiger partial charge in [0.15, 0.2) is 0 Å². The monoisotopic (exact) mass is 260 g/mol. The van der Waals surface area contributed by atoms with E-state index in [-0.39, 0.29) is 6.04 Å². The first-order valence-corrected chi connectivity index (χ1v) is 6.37. The molecule has 18 heavy (non-hydrogen) atoms. The summed E-state index contributed by atoms with van der Waals surface area (Å²) in [6.07, 6.45) is 2.64. The van der Waals surface area contributed by atoms with Crippen LogP contribution < -0.4 is 5.73 Å². The van der Waals surface area contributed by atoms with Crippen LogP contribution in [0.15, 0.2) is 36.5 Å². The normalized spacial score (nSPS) is 12.4. The Morgan fingerprint density at radius 1 is 1.22 bits per heavy atom. The van der Waals surface area contributed by atoms with E-state index in [0.29, 0.717) is 0 Å². The fourth-order valence-electron chi connectivity index (χ4n) is 2.09. The third-order valence-corrected chi connectivity index (χ3v) is 3.23. The minimum absolute atomic E-state index is 0.0771. The van der Waals surface area contributed by atoms with Gasteiger partial charge in [0.1, 0.15) is 0 Å². The second-order valence-corrected chi connectivity index (χ2v) is 5.09. The fourth-order valence-corrected chi connectivity index (χ4v) is 2.21. The van der Waals surface area contributed by atoms with Crippen LogP contribution in [0.3, 0.4) is 0 Å². The Morgan fingerprint density at radius 2 is 1.89 bits per heavy atom. The molecule has 0 aliphatic heterocycles. The molecule has 2 nitrogen and oxygen atoms in total. The summed E-state index contributed by atoms with van der Waals surface area (Å²) in [4.78, 5) is 4.44. The lowest BCUT2D eigenvalue weighted by Gasteiger charge is -2.14. The highest BCUT2D eigenvalue weighted by atomic mass is 35.5. The SMILES string of the molecule is Cc1cnc(C(N)Cc2ccc(Cl)cc2)c(C)c1. The van der Waals surface area contributed by atoms with Gasteiger partial charge in [-0.1, -0.05) is 29.8 Å². The lowest BCUT2D eigenvalue weighted by Crippen LogP contribution is -2.16. The molecule has 0 bridgehead atoms. The molecule has 2 aromatic rings. The number of pyridine rings is 1. The molecule has 0 amide bonds. The van der Waals surface area contributed by atoms with Gasteiger partial charge in [0.2, 0.25) is 0 Å². The van der Waals surface area contributed by atoms with Crippen molar-refractivity contribution in [1.82, 2.24) is 4.98 Å². The fraction of sp³-hybridized carbons (Fsp3) is 0.267. The van der Waals surface area contributed by atoms with Crippen molar-refractivity contribution >= 4 is 11.6 Å². The van der Waals surface area contributed by atoms with Crippen molar-refractivity contribution in [2.75, 3.05) is 0 Å². The number of hydrogen-bond acceptors (Lipinski definition) is 2. The van der Waals surface area contributed by atoms with Crippen LogP contribution in [-0.4, -0.2) is 4.98 Å². The van der Waals surface area contributed by atoms with Crippen LogP contribution in [0.1, 0.15) is 28.4 Å². The van der Waals surface area contributed by atoms with Gasteiger partial charge in [-0.05, 0) is 49.1 Å². The quantitative estimate of drug-likeness (QED) is 0.916. The number of aromatic nitrogens is 1. The molecule has 0 fully saturated rings. The lowest BCUT2D eigenvalue weighted by atomic mass is 10.0. The van der Waals surface area contributed by atoms with E-state index in [4.69, 9.17) is 17.3 Å². The van der Waals surface area contributed by atoms with E-state index < -0.39 is 0 Å². The summed E-state index contributed by atoms with van der Waals surface area (Å²) in [7, 11) is 0. The summed E-state index contributed by atoms with van der Waals surface area (Å²) in [6, 6.07) is 9.83. The molecule has 0 saturated heterocycles. The van der Waals surface area contributed by atoms with Crippen LogP contribution >= 0.6 is 11.6 Å². The Labute approximate surface area is 113 Å². The molecule has 1 aromatic heterocycles. The van der Waals surface area contributed by atoms with Crippen LogP contribution in [0.25, 0.3) is 0 Å². The molecule has 1 heterocycles. The van der Waals surface area contributed by atoms with Crippen LogP contribution in [0.5, 0.6) is 0 Å². The maximum Gasteiger partial charge on any atom is 0.0603 e. The number of aryl methyl sites for hydroxylation is 2.